The fourth-order valence-electron chi connectivity index (χ4n) is 3.25. The number of carbonyl (C=O) groups excluding carboxylic acids is 1. The molecule has 5 nitrogen and oxygen atoms in total. The monoisotopic (exact) mass is 457 g/mol. The van der Waals surface area contributed by atoms with Crippen molar-refractivity contribution >= 4 is 40.2 Å². The number of hydrogen-bond donors (Lipinski definition) is 0. The number of halogens is 1. The highest BCUT2D eigenvalue weighted by Gasteiger charge is 2.18. The van der Waals surface area contributed by atoms with E-state index in [1.165, 1.54) is 27.4 Å². The van der Waals surface area contributed by atoms with Gasteiger partial charge in [0.2, 0.25) is 0 Å². The third-order valence-corrected chi connectivity index (χ3v) is 6.73. The fourth-order valence-corrected chi connectivity index (χ4v) is 4.97. The summed E-state index contributed by atoms with van der Waals surface area (Å²) >= 11 is 9.05. The standard InChI is InChI=1S/C22H20ClN3O2S2/c1-2-9-25-10-7-15(12-21(25)27)19-13-17(3-4-18-5-6-20(23)30-18)26(24-19)22(28)16-8-11-29-14-16/h5-8,10-14H,2-4,9H2,1H3. The van der Waals surface area contributed by atoms with Crippen LogP contribution in [0.25, 0.3) is 11.3 Å². The number of aromatic nitrogens is 3. The van der Waals surface area contributed by atoms with Crippen molar-refractivity contribution in [1.29, 1.82) is 0 Å². The Kier molecular flexibility index (Phi) is 6.32. The molecule has 0 atom stereocenters. The molecule has 0 aliphatic rings. The van der Waals surface area contributed by atoms with Gasteiger partial charge in [-0.25, -0.2) is 4.68 Å². The Morgan fingerprint density at radius 3 is 2.70 bits per heavy atom. The molecule has 4 rings (SSSR count). The third kappa shape index (κ3) is 4.48. The molecule has 0 saturated carbocycles. The molecule has 0 fully saturated rings. The van der Waals surface area contributed by atoms with Gasteiger partial charge in [0.25, 0.3) is 11.5 Å². The van der Waals surface area contributed by atoms with E-state index in [9.17, 15) is 9.59 Å². The minimum atomic E-state index is -0.166. The van der Waals surface area contributed by atoms with Crippen molar-refractivity contribution in [3.05, 3.63) is 84.2 Å². The SMILES string of the molecule is CCCn1ccc(-c2cc(CCc3ccc(Cl)s3)n(C(=O)c3ccsc3)n2)cc1=O. The minimum Gasteiger partial charge on any atom is -0.316 e. The number of hydrogen-bond acceptors (Lipinski definition) is 5. The van der Waals surface area contributed by atoms with Crippen molar-refractivity contribution in [1.82, 2.24) is 14.3 Å². The van der Waals surface area contributed by atoms with Crippen molar-refractivity contribution in [2.45, 2.75) is 32.7 Å². The molecule has 0 aromatic carbocycles. The third-order valence-electron chi connectivity index (χ3n) is 4.76. The molecular formula is C22H20ClN3O2S2. The Balaban J connectivity index is 1.68. The van der Waals surface area contributed by atoms with Gasteiger partial charge in [0.05, 0.1) is 15.6 Å². The van der Waals surface area contributed by atoms with Crippen LogP contribution in [0.5, 0.6) is 0 Å². The molecule has 0 aliphatic carbocycles. The summed E-state index contributed by atoms with van der Waals surface area (Å²) in [6.45, 7) is 2.71. The average molecular weight is 458 g/mol. The largest absolute Gasteiger partial charge is 0.316 e. The number of pyridine rings is 1. The lowest BCUT2D eigenvalue weighted by atomic mass is 10.1. The highest BCUT2D eigenvalue weighted by Crippen LogP contribution is 2.25. The van der Waals surface area contributed by atoms with E-state index in [1.807, 2.05) is 41.9 Å². The zero-order valence-electron chi connectivity index (χ0n) is 16.4. The van der Waals surface area contributed by atoms with Gasteiger partial charge in [-0.3, -0.25) is 9.59 Å². The molecular weight excluding hydrogens is 438 g/mol. The van der Waals surface area contributed by atoms with Gasteiger partial charge in [-0.2, -0.15) is 16.4 Å². The summed E-state index contributed by atoms with van der Waals surface area (Å²) in [4.78, 5) is 26.5. The van der Waals surface area contributed by atoms with E-state index < -0.39 is 0 Å². The summed E-state index contributed by atoms with van der Waals surface area (Å²) in [6.07, 6.45) is 4.08. The molecule has 0 radical (unpaired) electrons. The van der Waals surface area contributed by atoms with Crippen LogP contribution < -0.4 is 5.56 Å². The van der Waals surface area contributed by atoms with Crippen LogP contribution in [0.1, 0.15) is 34.3 Å². The summed E-state index contributed by atoms with van der Waals surface area (Å²) in [5.41, 5.74) is 2.68. The van der Waals surface area contributed by atoms with Crippen molar-refractivity contribution in [3.8, 4) is 11.3 Å². The van der Waals surface area contributed by atoms with Crippen molar-refractivity contribution in [2.24, 2.45) is 0 Å². The van der Waals surface area contributed by atoms with Gasteiger partial charge in [0.1, 0.15) is 0 Å². The quantitative estimate of drug-likeness (QED) is 0.374. The molecule has 0 amide bonds. The molecule has 4 aromatic heterocycles. The smallest absolute Gasteiger partial charge is 0.279 e. The Bertz CT molecular complexity index is 1220. The van der Waals surface area contributed by atoms with Crippen LogP contribution in [-0.4, -0.2) is 20.3 Å². The minimum absolute atomic E-state index is 0.0668. The second-order valence-electron chi connectivity index (χ2n) is 6.90. The maximum atomic E-state index is 13.0. The van der Waals surface area contributed by atoms with E-state index in [1.54, 1.807) is 22.9 Å². The second kappa shape index (κ2) is 9.12. The van der Waals surface area contributed by atoms with Gasteiger partial charge in [-0.15, -0.1) is 11.3 Å². The zero-order chi connectivity index (χ0) is 21.1. The average Bonchev–Trinajstić information content (AvgIpc) is 3.48. The highest BCUT2D eigenvalue weighted by atomic mass is 35.5. The predicted octanol–water partition coefficient (Wildman–Crippen LogP) is 5.37. The van der Waals surface area contributed by atoms with Gasteiger partial charge in [0.15, 0.2) is 0 Å². The molecule has 0 N–H and O–H groups in total. The molecule has 0 aliphatic heterocycles. The number of nitrogens with zero attached hydrogens (tertiary/aromatic N) is 3. The van der Waals surface area contributed by atoms with Crippen molar-refractivity contribution in [3.63, 3.8) is 0 Å². The normalized spacial score (nSPS) is 11.1. The zero-order valence-corrected chi connectivity index (χ0v) is 18.8. The summed E-state index contributed by atoms with van der Waals surface area (Å²) in [5.74, 6) is -0.166. The summed E-state index contributed by atoms with van der Waals surface area (Å²) in [6, 6.07) is 11.0. The lowest BCUT2D eigenvalue weighted by molar-refractivity contribution is 0.0942. The molecule has 8 heteroatoms. The molecule has 0 saturated heterocycles. The van der Waals surface area contributed by atoms with Gasteiger partial charge >= 0.3 is 0 Å². The molecule has 154 valence electrons. The Morgan fingerprint density at radius 1 is 1.17 bits per heavy atom. The summed E-state index contributed by atoms with van der Waals surface area (Å²) < 4.78 is 3.89. The van der Waals surface area contributed by atoms with E-state index >= 15 is 0 Å². The fraction of sp³-hybridized carbons (Fsp3) is 0.227. The first-order chi connectivity index (χ1) is 14.5. The molecule has 30 heavy (non-hydrogen) atoms. The van der Waals surface area contributed by atoms with Gasteiger partial charge in [-0.05, 0) is 55.0 Å². The maximum absolute atomic E-state index is 13.0. The van der Waals surface area contributed by atoms with Crippen LogP contribution in [0.4, 0.5) is 0 Å². The molecule has 0 spiro atoms. The van der Waals surface area contributed by atoms with Crippen LogP contribution in [0, 0.1) is 0 Å². The Labute approximate surface area is 187 Å². The first-order valence-electron chi connectivity index (χ1n) is 9.66. The second-order valence-corrected chi connectivity index (χ2v) is 9.48. The number of carbonyl (C=O) groups is 1. The topological polar surface area (TPSA) is 56.9 Å². The van der Waals surface area contributed by atoms with Crippen LogP contribution in [0.3, 0.4) is 0 Å². The van der Waals surface area contributed by atoms with Gasteiger partial charge < -0.3 is 4.57 Å². The first kappa shape index (κ1) is 20.8. The Hall–Kier alpha value is -2.48. The number of rotatable bonds is 7. The van der Waals surface area contributed by atoms with Crippen molar-refractivity contribution in [2.75, 3.05) is 0 Å². The lowest BCUT2D eigenvalue weighted by Gasteiger charge is -2.05. The van der Waals surface area contributed by atoms with Crippen LogP contribution in [-0.2, 0) is 19.4 Å². The summed E-state index contributed by atoms with van der Waals surface area (Å²) in [5, 5.41) is 8.26. The first-order valence-corrected chi connectivity index (χ1v) is 11.8. The molecule has 0 unspecified atom stereocenters. The molecule has 4 aromatic rings. The van der Waals surface area contributed by atoms with E-state index in [2.05, 4.69) is 5.10 Å². The Morgan fingerprint density at radius 2 is 2.03 bits per heavy atom. The number of thiophene rings is 2. The summed E-state index contributed by atoms with van der Waals surface area (Å²) in [7, 11) is 0. The molecule has 0 bridgehead atoms. The van der Waals surface area contributed by atoms with E-state index in [-0.39, 0.29) is 11.5 Å². The highest BCUT2D eigenvalue weighted by molar-refractivity contribution is 7.16. The van der Waals surface area contributed by atoms with Crippen molar-refractivity contribution < 1.29 is 4.79 Å². The maximum Gasteiger partial charge on any atom is 0.279 e. The van der Waals surface area contributed by atoms with E-state index in [0.29, 0.717) is 29.8 Å². The van der Waals surface area contributed by atoms with Gasteiger partial charge in [-0.1, -0.05) is 18.5 Å². The van der Waals surface area contributed by atoms with Gasteiger partial charge in [0, 0.05) is 40.3 Å². The van der Waals surface area contributed by atoms with Crippen LogP contribution >= 0.6 is 34.3 Å². The number of aryl methyl sites for hydroxylation is 3. The van der Waals surface area contributed by atoms with Crippen LogP contribution in [0.15, 0.2) is 58.1 Å². The lowest BCUT2D eigenvalue weighted by Crippen LogP contribution is -2.18. The van der Waals surface area contributed by atoms with Crippen LogP contribution in [0.2, 0.25) is 4.34 Å². The molecule has 4 heterocycles. The van der Waals surface area contributed by atoms with E-state index in [0.717, 1.165) is 27.7 Å². The predicted molar refractivity (Wildman–Crippen MR) is 123 cm³/mol. The van der Waals surface area contributed by atoms with E-state index in [4.69, 9.17) is 11.6 Å².